The van der Waals surface area contributed by atoms with E-state index in [2.05, 4.69) is 5.32 Å². The van der Waals surface area contributed by atoms with Gasteiger partial charge in [0.25, 0.3) is 0 Å². The molecule has 0 saturated heterocycles. The maximum Gasteiger partial charge on any atom is 0.165 e. The molecule has 4 N–H and O–H groups in total. The van der Waals surface area contributed by atoms with Gasteiger partial charge in [0.2, 0.25) is 0 Å². The van der Waals surface area contributed by atoms with Crippen LogP contribution in [0.1, 0.15) is 22.7 Å². The fourth-order valence-corrected chi connectivity index (χ4v) is 3.49. The minimum absolute atomic E-state index is 0.0978. The standard InChI is InChI=1S/C16H15NO3/c18-10-5-9-3-4-17-12-6-8-1-2-13(19)16(20)15(8)11(7-10)14(9)12/h1-2,5,7,12,17-20H,3-4,6H2. The summed E-state index contributed by atoms with van der Waals surface area (Å²) in [5.41, 5.74) is 4.73. The minimum atomic E-state index is -0.122. The Labute approximate surface area is 116 Å². The predicted molar refractivity (Wildman–Crippen MR) is 75.0 cm³/mol. The van der Waals surface area contributed by atoms with Crippen molar-refractivity contribution in [3.8, 4) is 28.4 Å². The summed E-state index contributed by atoms with van der Waals surface area (Å²) in [5.74, 6) is -0.0163. The van der Waals surface area contributed by atoms with E-state index in [9.17, 15) is 15.3 Å². The average Bonchev–Trinajstić information content (AvgIpc) is 2.42. The van der Waals surface area contributed by atoms with Crippen LogP contribution in [0.4, 0.5) is 0 Å². The van der Waals surface area contributed by atoms with E-state index >= 15 is 0 Å². The second kappa shape index (κ2) is 3.90. The first-order valence-electron chi connectivity index (χ1n) is 6.78. The molecule has 1 aliphatic heterocycles. The first-order valence-corrected chi connectivity index (χ1v) is 6.78. The van der Waals surface area contributed by atoms with Crippen LogP contribution in [-0.2, 0) is 12.8 Å². The van der Waals surface area contributed by atoms with Gasteiger partial charge in [0.1, 0.15) is 5.75 Å². The van der Waals surface area contributed by atoms with Gasteiger partial charge >= 0.3 is 0 Å². The molecule has 4 nitrogen and oxygen atoms in total. The van der Waals surface area contributed by atoms with E-state index in [1.165, 1.54) is 6.07 Å². The normalized spacial score (nSPS) is 19.3. The number of benzene rings is 2. The van der Waals surface area contributed by atoms with E-state index in [1.54, 1.807) is 12.1 Å². The molecule has 0 aromatic heterocycles. The monoisotopic (exact) mass is 269 g/mol. The van der Waals surface area contributed by atoms with Crippen molar-refractivity contribution in [2.45, 2.75) is 18.9 Å². The summed E-state index contributed by atoms with van der Waals surface area (Å²) in [4.78, 5) is 0. The summed E-state index contributed by atoms with van der Waals surface area (Å²) in [7, 11) is 0. The number of nitrogens with one attached hydrogen (secondary N) is 1. The largest absolute Gasteiger partial charge is 0.508 e. The van der Waals surface area contributed by atoms with Crippen molar-refractivity contribution in [2.24, 2.45) is 0 Å². The second-order valence-corrected chi connectivity index (χ2v) is 5.49. The van der Waals surface area contributed by atoms with Crippen LogP contribution in [0, 0.1) is 0 Å². The molecule has 1 unspecified atom stereocenters. The lowest BCUT2D eigenvalue weighted by atomic mass is 9.77. The third kappa shape index (κ3) is 1.45. The molecule has 0 spiro atoms. The Morgan fingerprint density at radius 3 is 2.75 bits per heavy atom. The van der Waals surface area contributed by atoms with Crippen LogP contribution < -0.4 is 5.32 Å². The molecule has 2 aliphatic rings. The molecule has 0 saturated carbocycles. The molecule has 1 atom stereocenters. The van der Waals surface area contributed by atoms with Crippen molar-refractivity contribution in [3.05, 3.63) is 41.0 Å². The van der Waals surface area contributed by atoms with Gasteiger partial charge in [0.05, 0.1) is 0 Å². The third-order valence-electron chi connectivity index (χ3n) is 4.32. The first kappa shape index (κ1) is 11.6. The average molecular weight is 269 g/mol. The topological polar surface area (TPSA) is 72.7 Å². The summed E-state index contributed by atoms with van der Waals surface area (Å²) >= 11 is 0. The molecule has 1 aliphatic carbocycles. The van der Waals surface area contributed by atoms with Crippen molar-refractivity contribution >= 4 is 0 Å². The lowest BCUT2D eigenvalue weighted by Crippen LogP contribution is -2.33. The van der Waals surface area contributed by atoms with Crippen molar-refractivity contribution in [1.82, 2.24) is 5.32 Å². The smallest absolute Gasteiger partial charge is 0.165 e. The number of aromatic hydroxyl groups is 3. The van der Waals surface area contributed by atoms with Crippen molar-refractivity contribution in [1.29, 1.82) is 0 Å². The molecule has 0 radical (unpaired) electrons. The summed E-state index contributed by atoms with van der Waals surface area (Å²) < 4.78 is 0. The van der Waals surface area contributed by atoms with Gasteiger partial charge < -0.3 is 20.6 Å². The van der Waals surface area contributed by atoms with Gasteiger partial charge in [-0.25, -0.2) is 0 Å². The summed E-state index contributed by atoms with van der Waals surface area (Å²) in [6.45, 7) is 0.889. The Bertz CT molecular complexity index is 724. The molecule has 1 heterocycles. The van der Waals surface area contributed by atoms with Crippen molar-refractivity contribution < 1.29 is 15.3 Å². The van der Waals surface area contributed by atoms with E-state index in [0.717, 1.165) is 41.6 Å². The maximum absolute atomic E-state index is 10.2. The number of phenolic OH excluding ortho intramolecular Hbond substituents is 3. The molecule has 102 valence electrons. The van der Waals surface area contributed by atoms with Crippen LogP contribution in [0.2, 0.25) is 0 Å². The van der Waals surface area contributed by atoms with Crippen LogP contribution in [0.3, 0.4) is 0 Å². The molecule has 0 fully saturated rings. The Kier molecular flexibility index (Phi) is 2.26. The Morgan fingerprint density at radius 2 is 1.90 bits per heavy atom. The molecule has 0 bridgehead atoms. The van der Waals surface area contributed by atoms with Crippen LogP contribution >= 0.6 is 0 Å². The van der Waals surface area contributed by atoms with E-state index in [0.29, 0.717) is 5.56 Å². The van der Waals surface area contributed by atoms with E-state index in [1.807, 2.05) is 6.07 Å². The highest BCUT2D eigenvalue weighted by Gasteiger charge is 2.32. The summed E-state index contributed by atoms with van der Waals surface area (Å²) in [6.07, 6.45) is 1.65. The molecule has 0 amide bonds. The van der Waals surface area contributed by atoms with Gasteiger partial charge in [-0.3, -0.25) is 0 Å². The van der Waals surface area contributed by atoms with E-state index in [-0.39, 0.29) is 23.3 Å². The quantitative estimate of drug-likeness (QED) is 0.553. The Balaban J connectivity index is 2.08. The molecule has 4 rings (SSSR count). The zero-order valence-electron chi connectivity index (χ0n) is 10.8. The van der Waals surface area contributed by atoms with E-state index in [4.69, 9.17) is 0 Å². The molecular formula is C16H15NO3. The number of hydrogen-bond acceptors (Lipinski definition) is 4. The second-order valence-electron chi connectivity index (χ2n) is 5.49. The maximum atomic E-state index is 10.2. The van der Waals surface area contributed by atoms with Crippen molar-refractivity contribution in [2.75, 3.05) is 6.54 Å². The number of phenols is 3. The molecule has 2 aromatic rings. The first-order chi connectivity index (χ1) is 9.65. The molecular weight excluding hydrogens is 254 g/mol. The Hall–Kier alpha value is -2.20. The van der Waals surface area contributed by atoms with E-state index < -0.39 is 0 Å². The molecule has 20 heavy (non-hydrogen) atoms. The summed E-state index contributed by atoms with van der Waals surface area (Å²) in [6, 6.07) is 7.05. The number of rotatable bonds is 0. The summed E-state index contributed by atoms with van der Waals surface area (Å²) in [5, 5.41) is 33.4. The molecule has 2 aromatic carbocycles. The van der Waals surface area contributed by atoms with Gasteiger partial charge in [-0.2, -0.15) is 0 Å². The van der Waals surface area contributed by atoms with Gasteiger partial charge in [0, 0.05) is 11.6 Å². The zero-order valence-corrected chi connectivity index (χ0v) is 10.8. The third-order valence-corrected chi connectivity index (χ3v) is 4.32. The minimum Gasteiger partial charge on any atom is -0.508 e. The Morgan fingerprint density at radius 1 is 1.05 bits per heavy atom. The molecule has 4 heteroatoms. The lowest BCUT2D eigenvalue weighted by Gasteiger charge is -2.34. The highest BCUT2D eigenvalue weighted by Crippen LogP contribution is 2.49. The van der Waals surface area contributed by atoms with Gasteiger partial charge in [0.15, 0.2) is 11.5 Å². The number of hydrogen-bond donors (Lipinski definition) is 4. The highest BCUT2D eigenvalue weighted by atomic mass is 16.3. The zero-order chi connectivity index (χ0) is 13.9. The highest BCUT2D eigenvalue weighted by molar-refractivity contribution is 5.83. The fourth-order valence-electron chi connectivity index (χ4n) is 3.49. The van der Waals surface area contributed by atoms with Gasteiger partial charge in [-0.15, -0.1) is 0 Å². The SMILES string of the molecule is Oc1cc2c3c(c1)-c1c(ccc(O)c1O)CC3NCC2. The van der Waals surface area contributed by atoms with Crippen LogP contribution in [-0.4, -0.2) is 21.9 Å². The fraction of sp³-hybridized carbons (Fsp3) is 0.250. The van der Waals surface area contributed by atoms with Crippen LogP contribution in [0.15, 0.2) is 24.3 Å². The number of fused-ring (bicyclic) bond motifs is 2. The van der Waals surface area contributed by atoms with Crippen LogP contribution in [0.25, 0.3) is 11.1 Å². The van der Waals surface area contributed by atoms with Crippen LogP contribution in [0.5, 0.6) is 17.2 Å². The lowest BCUT2D eigenvalue weighted by molar-refractivity contribution is 0.402. The van der Waals surface area contributed by atoms with Crippen molar-refractivity contribution in [3.63, 3.8) is 0 Å². The predicted octanol–water partition coefficient (Wildman–Crippen LogP) is 2.21. The van der Waals surface area contributed by atoms with Gasteiger partial charge in [-0.05, 0) is 59.8 Å². The van der Waals surface area contributed by atoms with Gasteiger partial charge in [-0.1, -0.05) is 6.07 Å².